The molecular weight excluding hydrogens is 179 g/mol. The number of hydrogen-bond acceptors (Lipinski definition) is 3. The van der Waals surface area contributed by atoms with E-state index in [-0.39, 0.29) is 17.1 Å². The van der Waals surface area contributed by atoms with Crippen molar-refractivity contribution in [3.05, 3.63) is 29.8 Å². The number of hydrogen-bond donors (Lipinski definition) is 1. The molecule has 1 atom stereocenters. The predicted octanol–water partition coefficient (Wildman–Crippen LogP) is 0.440. The standard InChI is InChI=1S/C10H13BO.2H2O/c1-2-10(12)7-8-3-5-9(11)6-4-8;;/h3-6,10,12H,2,7H2,1H3;2*1H2/q+2;;/p-2. The van der Waals surface area contributed by atoms with E-state index >= 15 is 0 Å². The van der Waals surface area contributed by atoms with E-state index < -0.39 is 0 Å². The molecule has 0 aliphatic rings. The Morgan fingerprint density at radius 2 is 1.71 bits per heavy atom. The summed E-state index contributed by atoms with van der Waals surface area (Å²) in [5.41, 5.74) is 1.91. The van der Waals surface area contributed by atoms with Crippen LogP contribution in [0.15, 0.2) is 24.3 Å². The fraction of sp³-hybridized carbons (Fsp3) is 0.400. The molecule has 0 spiro atoms. The van der Waals surface area contributed by atoms with Crippen LogP contribution in [0, 0.1) is 0 Å². The third-order valence-corrected chi connectivity index (χ3v) is 1.92. The van der Waals surface area contributed by atoms with Crippen molar-refractivity contribution in [2.75, 3.05) is 0 Å². The molecule has 0 aliphatic carbocycles. The number of rotatable bonds is 3. The van der Waals surface area contributed by atoms with Crippen LogP contribution in [0.2, 0.25) is 0 Å². The molecule has 3 N–H and O–H groups in total. The van der Waals surface area contributed by atoms with E-state index in [9.17, 15) is 5.11 Å². The Kier molecular flexibility index (Phi) is 8.44. The minimum Gasteiger partial charge on any atom is -0.870 e. The van der Waals surface area contributed by atoms with Gasteiger partial charge in [0.2, 0.25) is 0 Å². The molecule has 0 saturated carbocycles. The third kappa shape index (κ3) is 5.02. The maximum Gasteiger partial charge on any atom is -0.870 e. The van der Waals surface area contributed by atoms with Gasteiger partial charge in [-0.15, -0.1) is 0 Å². The van der Waals surface area contributed by atoms with Crippen LogP contribution in [-0.4, -0.2) is 30.0 Å². The molecule has 76 valence electrons. The Hall–Kier alpha value is -0.835. The molecule has 0 aromatic heterocycles. The molecule has 0 bridgehead atoms. The second-order valence-corrected chi connectivity index (χ2v) is 3.01. The molecule has 1 aromatic carbocycles. The van der Waals surface area contributed by atoms with Crippen LogP contribution in [0.5, 0.6) is 0 Å². The Morgan fingerprint density at radius 1 is 1.21 bits per heavy atom. The van der Waals surface area contributed by atoms with Crippen LogP contribution in [0.1, 0.15) is 18.9 Å². The van der Waals surface area contributed by atoms with Crippen molar-refractivity contribution in [1.29, 1.82) is 0 Å². The molecule has 1 unspecified atom stereocenters. The SMILES string of the molecule is [B+2]c1ccc(CC(O)CC)cc1.[OH-].[OH-]. The zero-order valence-electron chi connectivity index (χ0n) is 8.22. The second-order valence-electron chi connectivity index (χ2n) is 3.01. The summed E-state index contributed by atoms with van der Waals surface area (Å²) < 4.78 is 0. The van der Waals surface area contributed by atoms with Crippen LogP contribution >= 0.6 is 0 Å². The fourth-order valence-corrected chi connectivity index (χ4v) is 1.07. The van der Waals surface area contributed by atoms with E-state index in [1.807, 2.05) is 31.2 Å². The first-order valence-corrected chi connectivity index (χ1v) is 4.25. The topological polar surface area (TPSA) is 80.2 Å². The molecule has 4 heteroatoms. The summed E-state index contributed by atoms with van der Waals surface area (Å²) in [7, 11) is 5.53. The van der Waals surface area contributed by atoms with Crippen LogP contribution < -0.4 is 5.46 Å². The molecular formula is C10H15BO3. The van der Waals surface area contributed by atoms with Crippen molar-refractivity contribution in [3.63, 3.8) is 0 Å². The largest absolute Gasteiger partial charge is 0.870 e. The van der Waals surface area contributed by atoms with Gasteiger partial charge < -0.3 is 11.0 Å². The van der Waals surface area contributed by atoms with Gasteiger partial charge in [0.05, 0.1) is 0 Å². The summed E-state index contributed by atoms with van der Waals surface area (Å²) in [4.78, 5) is 0. The first kappa shape index (κ1) is 15.6. The van der Waals surface area contributed by atoms with Crippen molar-refractivity contribution in [2.24, 2.45) is 0 Å². The summed E-state index contributed by atoms with van der Waals surface area (Å²) >= 11 is 0. The molecule has 0 aliphatic heterocycles. The van der Waals surface area contributed by atoms with Crippen LogP contribution in [0.3, 0.4) is 0 Å². The van der Waals surface area contributed by atoms with E-state index in [1.54, 1.807) is 0 Å². The van der Waals surface area contributed by atoms with E-state index in [0.29, 0.717) is 0 Å². The zero-order valence-corrected chi connectivity index (χ0v) is 8.22. The van der Waals surface area contributed by atoms with Gasteiger partial charge in [0.25, 0.3) is 0 Å². The van der Waals surface area contributed by atoms with Crippen molar-refractivity contribution in [2.45, 2.75) is 25.9 Å². The summed E-state index contributed by atoms with van der Waals surface area (Å²) in [5, 5.41) is 9.35. The predicted molar refractivity (Wildman–Crippen MR) is 55.7 cm³/mol. The molecule has 0 radical (unpaired) electrons. The normalized spacial score (nSPS) is 11.1. The molecule has 1 rings (SSSR count). The van der Waals surface area contributed by atoms with Gasteiger partial charge >= 0.3 is 74.1 Å². The van der Waals surface area contributed by atoms with Gasteiger partial charge in [-0.3, -0.25) is 0 Å². The summed E-state index contributed by atoms with van der Waals surface area (Å²) in [5.74, 6) is 0. The van der Waals surface area contributed by atoms with Gasteiger partial charge in [0.1, 0.15) is 0 Å². The summed E-state index contributed by atoms with van der Waals surface area (Å²) in [6.07, 6.45) is 1.29. The monoisotopic (exact) mass is 194 g/mol. The van der Waals surface area contributed by atoms with Crippen LogP contribution in [-0.2, 0) is 6.42 Å². The molecule has 0 amide bonds. The summed E-state index contributed by atoms with van der Waals surface area (Å²) in [6, 6.07) is 7.62. The van der Waals surface area contributed by atoms with Crippen LogP contribution in [0.25, 0.3) is 0 Å². The van der Waals surface area contributed by atoms with Gasteiger partial charge in [0.15, 0.2) is 0 Å². The molecule has 0 fully saturated rings. The molecule has 1 aromatic rings. The zero-order chi connectivity index (χ0) is 8.97. The van der Waals surface area contributed by atoms with Crippen molar-refractivity contribution in [3.8, 4) is 0 Å². The van der Waals surface area contributed by atoms with Gasteiger partial charge in [-0.25, -0.2) is 0 Å². The smallest absolute Gasteiger partial charge is 0.870 e. The maximum absolute atomic E-state index is 9.35. The molecule has 0 heterocycles. The number of aliphatic hydroxyl groups is 1. The van der Waals surface area contributed by atoms with Crippen LogP contribution in [0.4, 0.5) is 0 Å². The van der Waals surface area contributed by atoms with Gasteiger partial charge in [0, 0.05) is 0 Å². The third-order valence-electron chi connectivity index (χ3n) is 1.92. The first-order valence-electron chi connectivity index (χ1n) is 4.25. The average Bonchev–Trinajstić information content (AvgIpc) is 2.09. The van der Waals surface area contributed by atoms with Crippen molar-refractivity contribution in [1.82, 2.24) is 0 Å². The van der Waals surface area contributed by atoms with Crippen molar-refractivity contribution < 1.29 is 16.1 Å². The first-order chi connectivity index (χ1) is 5.72. The molecule has 3 nitrogen and oxygen atoms in total. The van der Waals surface area contributed by atoms with Gasteiger partial charge in [-0.2, -0.15) is 0 Å². The quantitative estimate of drug-likeness (QED) is 0.708. The summed E-state index contributed by atoms with van der Waals surface area (Å²) in [6.45, 7) is 1.97. The molecule has 14 heavy (non-hydrogen) atoms. The minimum absolute atomic E-state index is 0. The number of aliphatic hydroxyl groups excluding tert-OH is 1. The number of benzene rings is 1. The Balaban J connectivity index is 0. The van der Waals surface area contributed by atoms with Crippen molar-refractivity contribution >= 4 is 13.3 Å². The van der Waals surface area contributed by atoms with E-state index in [4.69, 9.17) is 7.85 Å². The Labute approximate surface area is 85.8 Å². The van der Waals surface area contributed by atoms with E-state index in [2.05, 4.69) is 0 Å². The van der Waals surface area contributed by atoms with E-state index in [1.165, 1.54) is 0 Å². The maximum atomic E-state index is 9.35. The molecule has 0 saturated heterocycles. The average molecular weight is 194 g/mol. The Morgan fingerprint density at radius 3 is 2.14 bits per heavy atom. The fourth-order valence-electron chi connectivity index (χ4n) is 1.07. The Bertz CT molecular complexity index is 236. The van der Waals surface area contributed by atoms with E-state index in [0.717, 1.165) is 23.9 Å². The minimum atomic E-state index is -0.228. The second kappa shape index (κ2) is 7.56. The van der Waals surface area contributed by atoms with Gasteiger partial charge in [-0.05, 0) is 0 Å². The van der Waals surface area contributed by atoms with Gasteiger partial charge in [-0.1, -0.05) is 0 Å².